The number of carbonyl (C=O) groups is 1. The molecule has 9 heteroatoms. The molecule has 0 aliphatic carbocycles. The van der Waals surface area contributed by atoms with Gasteiger partial charge in [0.25, 0.3) is 5.91 Å². The molecule has 0 saturated carbocycles. The molecule has 1 heterocycles. The second-order valence-corrected chi connectivity index (χ2v) is 5.86. The molecular formula is C18H17ClN6O2. The molecule has 138 valence electrons. The zero-order chi connectivity index (χ0) is 19.2. The molecular weight excluding hydrogens is 368 g/mol. The summed E-state index contributed by atoms with van der Waals surface area (Å²) in [7, 11) is 1.56. The number of rotatable bonds is 6. The molecule has 2 aromatic carbocycles. The number of benzene rings is 2. The van der Waals surface area contributed by atoms with Crippen LogP contribution in [0.4, 0.5) is 23.0 Å². The van der Waals surface area contributed by atoms with Crippen molar-refractivity contribution in [1.82, 2.24) is 15.4 Å². The third-order valence-corrected chi connectivity index (χ3v) is 3.89. The molecule has 1 amide bonds. The predicted octanol–water partition coefficient (Wildman–Crippen LogP) is 3.22. The second-order valence-electron chi connectivity index (χ2n) is 5.42. The standard InChI is InChI=1S/C18H17ClN6O2/c1-27-14-8-2-11(3-9-14)18(26)25-24-17-15(20)16(21-10-22-17)23-13-6-4-12(19)5-7-13/h2-10H,20H2,1H3,(H,25,26)(H2,21,22,23,24). The Hall–Kier alpha value is -3.52. The van der Waals surface area contributed by atoms with Gasteiger partial charge in [0.15, 0.2) is 11.6 Å². The summed E-state index contributed by atoms with van der Waals surface area (Å²) in [6.45, 7) is 0. The van der Waals surface area contributed by atoms with Crippen LogP contribution in [0.25, 0.3) is 0 Å². The van der Waals surface area contributed by atoms with Crippen molar-refractivity contribution >= 4 is 40.5 Å². The molecule has 0 saturated heterocycles. The zero-order valence-electron chi connectivity index (χ0n) is 14.4. The number of aromatic nitrogens is 2. The molecule has 27 heavy (non-hydrogen) atoms. The summed E-state index contributed by atoms with van der Waals surface area (Å²) in [6, 6.07) is 13.8. The summed E-state index contributed by atoms with van der Waals surface area (Å²) in [5.41, 5.74) is 12.8. The smallest absolute Gasteiger partial charge is 0.269 e. The van der Waals surface area contributed by atoms with Crippen LogP contribution < -0.4 is 26.6 Å². The number of nitrogens with two attached hydrogens (primary N) is 1. The number of ether oxygens (including phenoxy) is 1. The van der Waals surface area contributed by atoms with Gasteiger partial charge in [-0.25, -0.2) is 9.97 Å². The lowest BCUT2D eigenvalue weighted by molar-refractivity contribution is 0.0962. The average Bonchev–Trinajstić information content (AvgIpc) is 2.70. The number of hydrazine groups is 1. The number of methoxy groups -OCH3 is 1. The largest absolute Gasteiger partial charge is 0.497 e. The van der Waals surface area contributed by atoms with Crippen LogP contribution in [-0.2, 0) is 0 Å². The van der Waals surface area contributed by atoms with Crippen LogP contribution in [0.5, 0.6) is 5.75 Å². The van der Waals surface area contributed by atoms with Gasteiger partial charge >= 0.3 is 0 Å². The van der Waals surface area contributed by atoms with Gasteiger partial charge in [-0.1, -0.05) is 11.6 Å². The van der Waals surface area contributed by atoms with Crippen LogP contribution >= 0.6 is 11.6 Å². The normalized spacial score (nSPS) is 10.1. The van der Waals surface area contributed by atoms with E-state index in [9.17, 15) is 4.79 Å². The summed E-state index contributed by atoms with van der Waals surface area (Å²) in [5, 5.41) is 3.70. The van der Waals surface area contributed by atoms with Crippen LogP contribution in [0.2, 0.25) is 5.02 Å². The number of amides is 1. The van der Waals surface area contributed by atoms with E-state index in [4.69, 9.17) is 22.1 Å². The lowest BCUT2D eigenvalue weighted by Gasteiger charge is -2.13. The minimum Gasteiger partial charge on any atom is -0.497 e. The van der Waals surface area contributed by atoms with E-state index >= 15 is 0 Å². The number of hydrogen-bond donors (Lipinski definition) is 4. The topological polar surface area (TPSA) is 114 Å². The van der Waals surface area contributed by atoms with Crippen molar-refractivity contribution < 1.29 is 9.53 Å². The monoisotopic (exact) mass is 384 g/mol. The van der Waals surface area contributed by atoms with Gasteiger partial charge in [-0.2, -0.15) is 0 Å². The highest BCUT2D eigenvalue weighted by molar-refractivity contribution is 6.30. The van der Waals surface area contributed by atoms with Gasteiger partial charge in [-0.3, -0.25) is 15.6 Å². The lowest BCUT2D eigenvalue weighted by atomic mass is 10.2. The first-order chi connectivity index (χ1) is 13.1. The predicted molar refractivity (Wildman–Crippen MR) is 105 cm³/mol. The molecule has 0 fully saturated rings. The quantitative estimate of drug-likeness (QED) is 0.482. The van der Waals surface area contributed by atoms with Gasteiger partial charge in [0.05, 0.1) is 7.11 Å². The summed E-state index contributed by atoms with van der Waals surface area (Å²) < 4.78 is 5.07. The highest BCUT2D eigenvalue weighted by Crippen LogP contribution is 2.26. The van der Waals surface area contributed by atoms with Gasteiger partial charge in [0, 0.05) is 16.3 Å². The lowest BCUT2D eigenvalue weighted by Crippen LogP contribution is -2.30. The molecule has 0 unspecified atom stereocenters. The Balaban J connectivity index is 1.68. The van der Waals surface area contributed by atoms with Crippen molar-refractivity contribution in [2.75, 3.05) is 23.6 Å². The number of nitrogens with zero attached hydrogens (tertiary/aromatic N) is 2. The number of carbonyl (C=O) groups excluding carboxylic acids is 1. The van der Waals surface area contributed by atoms with Crippen LogP contribution in [0.15, 0.2) is 54.9 Å². The molecule has 1 aromatic heterocycles. The van der Waals surface area contributed by atoms with Crippen LogP contribution in [0.1, 0.15) is 10.4 Å². The third-order valence-electron chi connectivity index (χ3n) is 3.64. The van der Waals surface area contributed by atoms with Crippen LogP contribution in [-0.4, -0.2) is 23.0 Å². The van der Waals surface area contributed by atoms with E-state index in [2.05, 4.69) is 26.1 Å². The SMILES string of the molecule is COc1ccc(C(=O)NNc2ncnc(Nc3ccc(Cl)cc3)c2N)cc1. The maximum Gasteiger partial charge on any atom is 0.269 e. The Morgan fingerprint density at radius 1 is 1.04 bits per heavy atom. The van der Waals surface area contributed by atoms with Crippen molar-refractivity contribution in [2.24, 2.45) is 0 Å². The maximum absolute atomic E-state index is 12.2. The summed E-state index contributed by atoms with van der Waals surface area (Å²) in [4.78, 5) is 20.4. The fraction of sp³-hybridized carbons (Fsp3) is 0.0556. The van der Waals surface area contributed by atoms with Crippen molar-refractivity contribution in [2.45, 2.75) is 0 Å². The molecule has 3 aromatic rings. The van der Waals surface area contributed by atoms with Gasteiger partial charge in [-0.05, 0) is 48.5 Å². The molecule has 0 radical (unpaired) electrons. The Kier molecular flexibility index (Phi) is 5.58. The van der Waals surface area contributed by atoms with Crippen molar-refractivity contribution in [1.29, 1.82) is 0 Å². The van der Waals surface area contributed by atoms with E-state index in [0.717, 1.165) is 5.69 Å². The second kappa shape index (κ2) is 8.24. The Bertz CT molecular complexity index is 932. The Labute approximate surface area is 160 Å². The van der Waals surface area contributed by atoms with E-state index in [1.165, 1.54) is 6.33 Å². The first-order valence-corrected chi connectivity index (χ1v) is 8.28. The number of nitrogen functional groups attached to an aromatic ring is 1. The minimum absolute atomic E-state index is 0.252. The molecule has 0 aliphatic rings. The van der Waals surface area contributed by atoms with Crippen molar-refractivity contribution in [3.05, 3.63) is 65.4 Å². The number of nitrogens with one attached hydrogen (secondary N) is 3. The maximum atomic E-state index is 12.2. The summed E-state index contributed by atoms with van der Waals surface area (Å²) in [6.07, 6.45) is 1.33. The highest BCUT2D eigenvalue weighted by Gasteiger charge is 2.10. The fourth-order valence-corrected chi connectivity index (χ4v) is 2.32. The van der Waals surface area contributed by atoms with E-state index in [1.807, 2.05) is 0 Å². The number of halogens is 1. The molecule has 3 rings (SSSR count). The van der Waals surface area contributed by atoms with Gasteiger partial charge < -0.3 is 15.8 Å². The van der Waals surface area contributed by atoms with E-state index in [0.29, 0.717) is 22.2 Å². The van der Waals surface area contributed by atoms with E-state index < -0.39 is 0 Å². The average molecular weight is 385 g/mol. The van der Waals surface area contributed by atoms with Gasteiger partial charge in [0.2, 0.25) is 0 Å². The van der Waals surface area contributed by atoms with Gasteiger partial charge in [0.1, 0.15) is 17.8 Å². The fourth-order valence-electron chi connectivity index (χ4n) is 2.20. The summed E-state index contributed by atoms with van der Waals surface area (Å²) in [5.74, 6) is 0.984. The molecule has 0 bridgehead atoms. The van der Waals surface area contributed by atoms with E-state index in [1.54, 1.807) is 55.6 Å². The Morgan fingerprint density at radius 2 is 1.70 bits per heavy atom. The van der Waals surface area contributed by atoms with Crippen LogP contribution in [0.3, 0.4) is 0 Å². The minimum atomic E-state index is -0.345. The first-order valence-electron chi connectivity index (χ1n) is 7.90. The number of anilines is 4. The van der Waals surface area contributed by atoms with Crippen LogP contribution in [0, 0.1) is 0 Å². The third kappa shape index (κ3) is 4.56. The Morgan fingerprint density at radius 3 is 2.37 bits per heavy atom. The van der Waals surface area contributed by atoms with Crippen molar-refractivity contribution in [3.63, 3.8) is 0 Å². The van der Waals surface area contributed by atoms with E-state index in [-0.39, 0.29) is 17.4 Å². The first kappa shape index (κ1) is 18.3. The van der Waals surface area contributed by atoms with Gasteiger partial charge in [-0.15, -0.1) is 0 Å². The van der Waals surface area contributed by atoms with Crippen molar-refractivity contribution in [3.8, 4) is 5.75 Å². The highest BCUT2D eigenvalue weighted by atomic mass is 35.5. The molecule has 0 spiro atoms. The molecule has 0 atom stereocenters. The molecule has 5 N–H and O–H groups in total. The molecule has 8 nitrogen and oxygen atoms in total. The number of hydrogen-bond acceptors (Lipinski definition) is 7. The zero-order valence-corrected chi connectivity index (χ0v) is 15.1. The summed E-state index contributed by atoms with van der Waals surface area (Å²) >= 11 is 5.87. The molecule has 0 aliphatic heterocycles.